The second kappa shape index (κ2) is 5.76. The molecule has 2 bridgehead atoms. The largest absolute Gasteiger partial charge is 0.349 e. The SMILES string of the molecule is Cc1cc(F)cc(C(=O)NC2C3CCCC2CC(N)C3)c1. The Kier molecular flexibility index (Phi) is 3.98. The van der Waals surface area contributed by atoms with Gasteiger partial charge in [0.1, 0.15) is 5.82 Å². The van der Waals surface area contributed by atoms with Gasteiger partial charge in [-0.3, -0.25) is 4.79 Å². The Balaban J connectivity index is 1.75. The molecular weight excluding hydrogens is 267 g/mol. The van der Waals surface area contributed by atoms with Gasteiger partial charge in [-0.1, -0.05) is 6.42 Å². The molecule has 0 heterocycles. The Morgan fingerprint density at radius 1 is 1.24 bits per heavy atom. The molecule has 0 radical (unpaired) electrons. The normalized spacial score (nSPS) is 31.8. The zero-order chi connectivity index (χ0) is 15.0. The molecule has 4 heteroatoms. The summed E-state index contributed by atoms with van der Waals surface area (Å²) in [5.74, 6) is 0.443. The molecule has 3 rings (SSSR count). The summed E-state index contributed by atoms with van der Waals surface area (Å²) >= 11 is 0. The Hall–Kier alpha value is -1.42. The fourth-order valence-corrected chi connectivity index (χ4v) is 4.13. The molecule has 3 nitrogen and oxygen atoms in total. The lowest BCUT2D eigenvalue weighted by molar-refractivity contribution is 0.0755. The lowest BCUT2D eigenvalue weighted by Crippen LogP contribution is -2.53. The van der Waals surface area contributed by atoms with Crippen LogP contribution in [0.5, 0.6) is 0 Å². The smallest absolute Gasteiger partial charge is 0.251 e. The van der Waals surface area contributed by atoms with Gasteiger partial charge in [0.25, 0.3) is 5.91 Å². The molecule has 114 valence electrons. The van der Waals surface area contributed by atoms with Crippen molar-refractivity contribution in [2.75, 3.05) is 0 Å². The second-order valence-electron chi connectivity index (χ2n) is 6.70. The van der Waals surface area contributed by atoms with E-state index in [9.17, 15) is 9.18 Å². The van der Waals surface area contributed by atoms with Crippen LogP contribution in [-0.4, -0.2) is 18.0 Å². The van der Waals surface area contributed by atoms with Gasteiger partial charge >= 0.3 is 0 Å². The lowest BCUT2D eigenvalue weighted by Gasteiger charge is -2.45. The molecule has 0 aromatic heterocycles. The van der Waals surface area contributed by atoms with Gasteiger partial charge in [-0.25, -0.2) is 4.39 Å². The summed E-state index contributed by atoms with van der Waals surface area (Å²) < 4.78 is 13.5. The lowest BCUT2D eigenvalue weighted by atomic mass is 9.67. The summed E-state index contributed by atoms with van der Waals surface area (Å²) in [5, 5.41) is 3.15. The highest BCUT2D eigenvalue weighted by Gasteiger charge is 2.39. The molecule has 0 spiro atoms. The van der Waals surface area contributed by atoms with Crippen molar-refractivity contribution in [2.45, 2.75) is 51.1 Å². The summed E-state index contributed by atoms with van der Waals surface area (Å²) in [7, 11) is 0. The van der Waals surface area contributed by atoms with Crippen LogP contribution in [0.4, 0.5) is 4.39 Å². The maximum absolute atomic E-state index is 13.5. The molecule has 3 N–H and O–H groups in total. The molecule has 1 amide bonds. The van der Waals surface area contributed by atoms with Crippen LogP contribution >= 0.6 is 0 Å². The number of benzene rings is 1. The molecule has 1 aromatic rings. The van der Waals surface area contributed by atoms with E-state index in [0.29, 0.717) is 17.4 Å². The highest BCUT2D eigenvalue weighted by atomic mass is 19.1. The van der Waals surface area contributed by atoms with Crippen LogP contribution in [0.2, 0.25) is 0 Å². The summed E-state index contributed by atoms with van der Waals surface area (Å²) in [6.45, 7) is 1.80. The minimum absolute atomic E-state index is 0.157. The highest BCUT2D eigenvalue weighted by molar-refractivity contribution is 5.94. The van der Waals surface area contributed by atoms with Crippen molar-refractivity contribution >= 4 is 5.91 Å². The molecule has 0 aliphatic heterocycles. The van der Waals surface area contributed by atoms with E-state index < -0.39 is 0 Å². The second-order valence-corrected chi connectivity index (χ2v) is 6.70. The van der Waals surface area contributed by atoms with Crippen molar-refractivity contribution in [3.05, 3.63) is 35.1 Å². The third-order valence-corrected chi connectivity index (χ3v) is 4.98. The van der Waals surface area contributed by atoms with Gasteiger partial charge in [0.15, 0.2) is 0 Å². The maximum Gasteiger partial charge on any atom is 0.251 e. The number of carbonyl (C=O) groups is 1. The van der Waals surface area contributed by atoms with E-state index in [2.05, 4.69) is 5.32 Å². The van der Waals surface area contributed by atoms with Crippen LogP contribution in [0.1, 0.15) is 48.0 Å². The maximum atomic E-state index is 13.5. The van der Waals surface area contributed by atoms with Gasteiger partial charge < -0.3 is 11.1 Å². The number of nitrogens with one attached hydrogen (secondary N) is 1. The van der Waals surface area contributed by atoms with Crippen molar-refractivity contribution in [1.82, 2.24) is 5.32 Å². The predicted molar refractivity (Wildman–Crippen MR) is 80.4 cm³/mol. The topological polar surface area (TPSA) is 55.1 Å². The van der Waals surface area contributed by atoms with Crippen molar-refractivity contribution < 1.29 is 9.18 Å². The summed E-state index contributed by atoms with van der Waals surface area (Å²) in [4.78, 5) is 12.4. The number of nitrogens with two attached hydrogens (primary N) is 1. The van der Waals surface area contributed by atoms with E-state index in [4.69, 9.17) is 5.73 Å². The Bertz CT molecular complexity index is 511. The summed E-state index contributed by atoms with van der Waals surface area (Å²) in [5.41, 5.74) is 7.29. The molecule has 2 atom stereocenters. The fourth-order valence-electron chi connectivity index (χ4n) is 4.13. The first kappa shape index (κ1) is 14.5. The monoisotopic (exact) mass is 290 g/mol. The van der Waals surface area contributed by atoms with Gasteiger partial charge in [0, 0.05) is 17.6 Å². The third kappa shape index (κ3) is 3.10. The molecular formula is C17H23FN2O. The van der Waals surface area contributed by atoms with Crippen LogP contribution in [0.15, 0.2) is 18.2 Å². The molecule has 2 aliphatic rings. The van der Waals surface area contributed by atoms with Crippen LogP contribution in [-0.2, 0) is 0 Å². The number of carbonyl (C=O) groups excluding carboxylic acids is 1. The molecule has 2 fully saturated rings. The minimum atomic E-state index is -0.356. The first-order valence-corrected chi connectivity index (χ1v) is 7.86. The first-order valence-electron chi connectivity index (χ1n) is 7.86. The van der Waals surface area contributed by atoms with Crippen LogP contribution in [0, 0.1) is 24.6 Å². The van der Waals surface area contributed by atoms with Gasteiger partial charge in [-0.2, -0.15) is 0 Å². The zero-order valence-electron chi connectivity index (χ0n) is 12.4. The average molecular weight is 290 g/mol. The summed E-state index contributed by atoms with van der Waals surface area (Å²) in [6.07, 6.45) is 5.48. The summed E-state index contributed by atoms with van der Waals surface area (Å²) in [6, 6.07) is 4.96. The number of amides is 1. The number of halogens is 1. The van der Waals surface area contributed by atoms with Crippen molar-refractivity contribution in [3.8, 4) is 0 Å². The third-order valence-electron chi connectivity index (χ3n) is 4.98. The Labute approximate surface area is 125 Å². The molecule has 2 unspecified atom stereocenters. The number of aryl methyl sites for hydroxylation is 1. The van der Waals surface area contributed by atoms with Gasteiger partial charge in [-0.05, 0) is 68.2 Å². The van der Waals surface area contributed by atoms with E-state index in [1.54, 1.807) is 13.0 Å². The van der Waals surface area contributed by atoms with Crippen molar-refractivity contribution in [2.24, 2.45) is 17.6 Å². The molecule has 0 saturated heterocycles. The predicted octanol–water partition coefficient (Wildman–Crippen LogP) is 2.77. The quantitative estimate of drug-likeness (QED) is 0.880. The molecule has 1 aromatic carbocycles. The van der Waals surface area contributed by atoms with E-state index in [-0.39, 0.29) is 23.8 Å². The van der Waals surface area contributed by atoms with E-state index in [1.165, 1.54) is 18.6 Å². The van der Waals surface area contributed by atoms with Crippen LogP contribution in [0.3, 0.4) is 0 Å². The number of hydrogen-bond donors (Lipinski definition) is 2. The van der Waals surface area contributed by atoms with Crippen molar-refractivity contribution in [1.29, 1.82) is 0 Å². The molecule has 21 heavy (non-hydrogen) atoms. The number of hydrogen-bond acceptors (Lipinski definition) is 2. The minimum Gasteiger partial charge on any atom is -0.349 e. The van der Waals surface area contributed by atoms with E-state index in [0.717, 1.165) is 31.2 Å². The first-order chi connectivity index (χ1) is 10.0. The Morgan fingerprint density at radius 2 is 1.90 bits per heavy atom. The standard InChI is InChI=1S/C17H23FN2O/c1-10-5-13(7-14(18)6-10)17(21)20-16-11-3-2-4-12(16)9-15(19)8-11/h5-7,11-12,15-16H,2-4,8-9,19H2,1H3,(H,20,21). The van der Waals surface area contributed by atoms with Crippen molar-refractivity contribution in [3.63, 3.8) is 0 Å². The highest BCUT2D eigenvalue weighted by Crippen LogP contribution is 2.39. The molecule has 2 saturated carbocycles. The number of rotatable bonds is 2. The van der Waals surface area contributed by atoms with E-state index in [1.807, 2.05) is 0 Å². The van der Waals surface area contributed by atoms with Crippen LogP contribution in [0.25, 0.3) is 0 Å². The Morgan fingerprint density at radius 3 is 2.52 bits per heavy atom. The molecule has 2 aliphatic carbocycles. The number of fused-ring (bicyclic) bond motifs is 2. The van der Waals surface area contributed by atoms with Gasteiger partial charge in [-0.15, -0.1) is 0 Å². The van der Waals surface area contributed by atoms with Gasteiger partial charge in [0.05, 0.1) is 0 Å². The average Bonchev–Trinajstić information content (AvgIpc) is 2.38. The van der Waals surface area contributed by atoms with Crippen LogP contribution < -0.4 is 11.1 Å². The van der Waals surface area contributed by atoms with Gasteiger partial charge in [0.2, 0.25) is 0 Å². The fraction of sp³-hybridized carbons (Fsp3) is 0.588. The van der Waals surface area contributed by atoms with E-state index >= 15 is 0 Å². The zero-order valence-corrected chi connectivity index (χ0v) is 12.4.